The Morgan fingerprint density at radius 1 is 1.43 bits per heavy atom. The van der Waals surface area contributed by atoms with Crippen LogP contribution in [-0.4, -0.2) is 15.7 Å². The van der Waals surface area contributed by atoms with Gasteiger partial charge in [-0.05, 0) is 12.0 Å². The molecule has 0 spiro atoms. The van der Waals surface area contributed by atoms with Gasteiger partial charge in [0.1, 0.15) is 0 Å². The molecule has 112 valence electrons. The maximum Gasteiger partial charge on any atom is 0.269 e. The summed E-state index contributed by atoms with van der Waals surface area (Å²) in [6.07, 6.45) is 2.43. The number of nitrogens with two attached hydrogens (primary N) is 3. The molecule has 0 fully saturated rings. The molecule has 1 aromatic carbocycles. The Labute approximate surface area is 122 Å². The van der Waals surface area contributed by atoms with Gasteiger partial charge < -0.3 is 11.5 Å². The maximum absolute atomic E-state index is 11.6. The van der Waals surface area contributed by atoms with E-state index in [1.807, 2.05) is 24.3 Å². The number of aromatic nitrogens is 2. The summed E-state index contributed by atoms with van der Waals surface area (Å²) in [6.45, 7) is 2.08. The zero-order chi connectivity index (χ0) is 15.4. The second kappa shape index (κ2) is 6.38. The van der Waals surface area contributed by atoms with E-state index in [9.17, 15) is 4.79 Å². The Morgan fingerprint density at radius 2 is 2.14 bits per heavy atom. The minimum atomic E-state index is -0.757. The molecule has 1 heterocycles. The number of primary amides is 1. The van der Waals surface area contributed by atoms with Gasteiger partial charge in [0, 0.05) is 5.56 Å². The highest BCUT2D eigenvalue weighted by molar-refractivity contribution is 5.96. The molecular weight excluding hydrogens is 270 g/mol. The van der Waals surface area contributed by atoms with Gasteiger partial charge in [0.2, 0.25) is 0 Å². The third-order valence-electron chi connectivity index (χ3n) is 3.25. The predicted molar refractivity (Wildman–Crippen MR) is 79.0 cm³/mol. The molecule has 0 unspecified atom stereocenters. The zero-order valence-electron chi connectivity index (χ0n) is 11.8. The van der Waals surface area contributed by atoms with Crippen molar-refractivity contribution in [2.45, 2.75) is 26.0 Å². The number of nitrogen functional groups attached to an aromatic ring is 1. The first-order valence-corrected chi connectivity index (χ1v) is 6.66. The standard InChI is InChI=1S/C14H19N5O2/c1-2-5-9-6-3-4-7-10(9)14(21-17)19-12(13(16)20)11(15)8-18-19/h3-4,6-8,14H,2,5,15,17H2,1H3,(H2,16,20)/t14-/m0/s1. The molecule has 0 aliphatic carbocycles. The number of amides is 1. The first-order chi connectivity index (χ1) is 10.1. The first kappa shape index (κ1) is 15.0. The topological polar surface area (TPSA) is 122 Å². The minimum Gasteiger partial charge on any atom is -0.396 e. The van der Waals surface area contributed by atoms with Crippen LogP contribution in [0.1, 0.15) is 41.2 Å². The maximum atomic E-state index is 11.6. The molecule has 0 saturated heterocycles. The highest BCUT2D eigenvalue weighted by Gasteiger charge is 2.24. The Balaban J connectivity index is 2.53. The van der Waals surface area contributed by atoms with Crippen LogP contribution in [0.2, 0.25) is 0 Å². The number of benzene rings is 1. The fourth-order valence-corrected chi connectivity index (χ4v) is 2.34. The molecule has 2 rings (SSSR count). The van der Waals surface area contributed by atoms with E-state index in [4.69, 9.17) is 22.2 Å². The fraction of sp³-hybridized carbons (Fsp3) is 0.286. The number of rotatable bonds is 6. The van der Waals surface area contributed by atoms with Gasteiger partial charge in [-0.3, -0.25) is 9.63 Å². The average Bonchev–Trinajstić information content (AvgIpc) is 2.84. The van der Waals surface area contributed by atoms with Crippen LogP contribution in [0.4, 0.5) is 5.69 Å². The van der Waals surface area contributed by atoms with Crippen LogP contribution in [0.25, 0.3) is 0 Å². The van der Waals surface area contributed by atoms with Gasteiger partial charge in [-0.2, -0.15) is 5.10 Å². The SMILES string of the molecule is CCCc1ccccc1[C@H](ON)n1ncc(N)c1C(N)=O. The van der Waals surface area contributed by atoms with Crippen LogP contribution in [-0.2, 0) is 11.3 Å². The fourth-order valence-electron chi connectivity index (χ4n) is 2.34. The van der Waals surface area contributed by atoms with Gasteiger partial charge in [0.05, 0.1) is 11.9 Å². The summed E-state index contributed by atoms with van der Waals surface area (Å²) in [7, 11) is 0. The van der Waals surface area contributed by atoms with Crippen molar-refractivity contribution in [2.24, 2.45) is 11.6 Å². The summed E-state index contributed by atoms with van der Waals surface area (Å²) in [5.41, 5.74) is 13.2. The van der Waals surface area contributed by atoms with E-state index in [0.717, 1.165) is 24.0 Å². The Morgan fingerprint density at radius 3 is 2.76 bits per heavy atom. The van der Waals surface area contributed by atoms with Crippen molar-refractivity contribution >= 4 is 11.6 Å². The number of carbonyl (C=O) groups excluding carboxylic acids is 1. The highest BCUT2D eigenvalue weighted by atomic mass is 16.6. The van der Waals surface area contributed by atoms with Gasteiger partial charge in [0.15, 0.2) is 11.9 Å². The molecule has 2 aromatic rings. The quantitative estimate of drug-likeness (QED) is 0.683. The second-order valence-corrected chi connectivity index (χ2v) is 4.69. The summed E-state index contributed by atoms with van der Waals surface area (Å²) >= 11 is 0. The van der Waals surface area contributed by atoms with E-state index >= 15 is 0 Å². The Hall–Kier alpha value is -2.38. The van der Waals surface area contributed by atoms with E-state index in [-0.39, 0.29) is 11.4 Å². The molecule has 1 amide bonds. The Bertz CT molecular complexity index is 638. The van der Waals surface area contributed by atoms with E-state index < -0.39 is 12.1 Å². The molecule has 0 bridgehead atoms. The molecule has 6 N–H and O–H groups in total. The van der Waals surface area contributed by atoms with Crippen molar-refractivity contribution in [3.05, 3.63) is 47.3 Å². The minimum absolute atomic E-state index is 0.0803. The van der Waals surface area contributed by atoms with Gasteiger partial charge in [-0.25, -0.2) is 10.6 Å². The number of aryl methyl sites for hydroxylation is 1. The average molecular weight is 289 g/mol. The van der Waals surface area contributed by atoms with E-state index in [1.165, 1.54) is 10.9 Å². The highest BCUT2D eigenvalue weighted by Crippen LogP contribution is 2.26. The lowest BCUT2D eigenvalue weighted by molar-refractivity contribution is 0.0204. The number of nitrogens with zero attached hydrogens (tertiary/aromatic N) is 2. The van der Waals surface area contributed by atoms with Crippen LogP contribution in [0.15, 0.2) is 30.5 Å². The number of anilines is 1. The molecule has 7 nitrogen and oxygen atoms in total. The van der Waals surface area contributed by atoms with Crippen molar-refractivity contribution in [3.8, 4) is 0 Å². The van der Waals surface area contributed by atoms with Crippen LogP contribution in [0.5, 0.6) is 0 Å². The molecule has 1 aromatic heterocycles. The lowest BCUT2D eigenvalue weighted by Gasteiger charge is -2.20. The van der Waals surface area contributed by atoms with E-state index in [1.54, 1.807) is 0 Å². The van der Waals surface area contributed by atoms with E-state index in [0.29, 0.717) is 0 Å². The summed E-state index contributed by atoms with van der Waals surface area (Å²) in [4.78, 5) is 16.6. The molecule has 7 heteroatoms. The summed E-state index contributed by atoms with van der Waals surface area (Å²) in [5.74, 6) is 4.75. The lowest BCUT2D eigenvalue weighted by atomic mass is 10.0. The molecule has 0 saturated carbocycles. The number of hydrogen-bond donors (Lipinski definition) is 3. The Kier molecular flexibility index (Phi) is 4.56. The van der Waals surface area contributed by atoms with Crippen LogP contribution in [0.3, 0.4) is 0 Å². The summed E-state index contributed by atoms with van der Waals surface area (Å²) < 4.78 is 1.31. The summed E-state index contributed by atoms with van der Waals surface area (Å²) in [5, 5.41) is 4.07. The lowest BCUT2D eigenvalue weighted by Crippen LogP contribution is -2.26. The van der Waals surface area contributed by atoms with Crippen LogP contribution >= 0.6 is 0 Å². The number of hydrogen-bond acceptors (Lipinski definition) is 5. The van der Waals surface area contributed by atoms with E-state index in [2.05, 4.69) is 12.0 Å². The first-order valence-electron chi connectivity index (χ1n) is 6.66. The zero-order valence-corrected chi connectivity index (χ0v) is 11.8. The molecule has 0 radical (unpaired) electrons. The van der Waals surface area contributed by atoms with Crippen molar-refractivity contribution in [1.82, 2.24) is 9.78 Å². The van der Waals surface area contributed by atoms with Gasteiger partial charge in [0.25, 0.3) is 5.91 Å². The van der Waals surface area contributed by atoms with Crippen molar-refractivity contribution < 1.29 is 9.63 Å². The molecule has 0 aliphatic rings. The van der Waals surface area contributed by atoms with Crippen LogP contribution in [0, 0.1) is 0 Å². The van der Waals surface area contributed by atoms with Gasteiger partial charge >= 0.3 is 0 Å². The third kappa shape index (κ3) is 2.88. The van der Waals surface area contributed by atoms with Gasteiger partial charge in [-0.15, -0.1) is 0 Å². The van der Waals surface area contributed by atoms with Crippen molar-refractivity contribution in [1.29, 1.82) is 0 Å². The third-order valence-corrected chi connectivity index (χ3v) is 3.25. The normalized spacial score (nSPS) is 12.3. The van der Waals surface area contributed by atoms with Crippen LogP contribution < -0.4 is 17.4 Å². The molecule has 1 atom stereocenters. The summed E-state index contributed by atoms with van der Waals surface area (Å²) in [6, 6.07) is 7.68. The van der Waals surface area contributed by atoms with Crippen molar-refractivity contribution in [2.75, 3.05) is 5.73 Å². The number of carbonyl (C=O) groups is 1. The smallest absolute Gasteiger partial charge is 0.269 e. The van der Waals surface area contributed by atoms with Crippen molar-refractivity contribution in [3.63, 3.8) is 0 Å². The largest absolute Gasteiger partial charge is 0.396 e. The monoisotopic (exact) mass is 289 g/mol. The van der Waals surface area contributed by atoms with Gasteiger partial charge in [-0.1, -0.05) is 37.6 Å². The second-order valence-electron chi connectivity index (χ2n) is 4.69. The predicted octanol–water partition coefficient (Wildman–Crippen LogP) is 0.954. The molecule has 0 aliphatic heterocycles. The molecule has 21 heavy (non-hydrogen) atoms. The molecular formula is C14H19N5O2.